The van der Waals surface area contributed by atoms with Crippen LogP contribution in [0.3, 0.4) is 0 Å². The maximum absolute atomic E-state index is 13.4. The number of nitrogens with zero attached hydrogens (tertiary/aromatic N) is 4. The zero-order chi connectivity index (χ0) is 22.8. The number of rotatable bonds is 2. The van der Waals surface area contributed by atoms with Gasteiger partial charge >= 0.3 is 12.2 Å². The number of urea groups is 1. The van der Waals surface area contributed by atoms with E-state index in [1.165, 1.54) is 17.0 Å². The molecule has 0 N–H and O–H groups in total. The molecule has 0 aliphatic carbocycles. The Bertz CT molecular complexity index is 1130. The van der Waals surface area contributed by atoms with Gasteiger partial charge in [-0.25, -0.2) is 9.69 Å². The molecule has 2 aromatic carbocycles. The minimum absolute atomic E-state index is 0.133. The van der Waals surface area contributed by atoms with Crippen LogP contribution in [0.5, 0.6) is 0 Å². The first-order valence-electron chi connectivity index (χ1n) is 9.97. The SMILES string of the molecule is N#Cc1ccc(N2C(=O)[C@H]3[C@H]4C[C@H](CN(c5ccc(Cl)cc5)C4)N3C2=O)cc1C(F)(F)F. The summed E-state index contributed by atoms with van der Waals surface area (Å²) in [6.07, 6.45) is -4.11. The van der Waals surface area contributed by atoms with Crippen LogP contribution in [0.15, 0.2) is 42.5 Å². The topological polar surface area (TPSA) is 67.7 Å². The molecule has 3 fully saturated rings. The fraction of sp³-hybridized carbons (Fsp3) is 0.318. The van der Waals surface area contributed by atoms with Crippen LogP contribution in [0.25, 0.3) is 0 Å². The standard InChI is InChI=1S/C22H16ClF3N4O2/c23-14-2-5-15(6-3-14)28-10-13-7-17(11-28)29-19(13)20(31)30(21(29)32)16-4-1-12(9-27)18(8-16)22(24,25)26/h1-6,8,13,17,19H,7,10-11H2/t13-,17+,19+/m0/s1. The molecule has 2 aromatic rings. The molecule has 3 aliphatic heterocycles. The Morgan fingerprint density at radius 1 is 1.03 bits per heavy atom. The Morgan fingerprint density at radius 3 is 2.38 bits per heavy atom. The lowest BCUT2D eigenvalue weighted by Gasteiger charge is -2.35. The van der Waals surface area contributed by atoms with E-state index in [4.69, 9.17) is 16.9 Å². The Kier molecular flexibility index (Phi) is 4.60. The molecule has 0 radical (unpaired) electrons. The van der Waals surface area contributed by atoms with Crippen LogP contribution < -0.4 is 9.80 Å². The Hall–Kier alpha value is -3.25. The number of hydrogen-bond acceptors (Lipinski definition) is 4. The molecule has 0 aromatic heterocycles. The molecule has 3 saturated heterocycles. The summed E-state index contributed by atoms with van der Waals surface area (Å²) in [4.78, 5) is 30.8. The van der Waals surface area contributed by atoms with E-state index in [0.717, 1.165) is 16.7 Å². The van der Waals surface area contributed by atoms with E-state index < -0.39 is 35.3 Å². The number of amides is 3. The lowest BCUT2D eigenvalue weighted by atomic mass is 9.93. The third kappa shape index (κ3) is 3.09. The predicted octanol–water partition coefficient (Wildman–Crippen LogP) is 4.28. The second-order valence-electron chi connectivity index (χ2n) is 8.18. The second-order valence-corrected chi connectivity index (χ2v) is 8.62. The van der Waals surface area contributed by atoms with Gasteiger partial charge in [-0.15, -0.1) is 0 Å². The van der Waals surface area contributed by atoms with Crippen molar-refractivity contribution in [2.75, 3.05) is 22.9 Å². The van der Waals surface area contributed by atoms with Crippen LogP contribution in [0.4, 0.5) is 29.3 Å². The van der Waals surface area contributed by atoms with Gasteiger partial charge in [-0.1, -0.05) is 11.6 Å². The predicted molar refractivity (Wildman–Crippen MR) is 110 cm³/mol. The number of halogens is 4. The molecular weight excluding hydrogens is 445 g/mol. The maximum Gasteiger partial charge on any atom is 0.417 e. The lowest BCUT2D eigenvalue weighted by Crippen LogP contribution is -2.46. The minimum Gasteiger partial charge on any atom is -0.369 e. The average Bonchev–Trinajstić information content (AvgIpc) is 3.18. The first-order valence-corrected chi connectivity index (χ1v) is 10.3. The highest BCUT2D eigenvalue weighted by atomic mass is 35.5. The van der Waals surface area contributed by atoms with Gasteiger partial charge in [0.25, 0.3) is 5.91 Å². The zero-order valence-electron chi connectivity index (χ0n) is 16.5. The minimum atomic E-state index is -4.78. The van der Waals surface area contributed by atoms with Crippen molar-refractivity contribution in [3.8, 4) is 6.07 Å². The molecule has 164 valence electrons. The molecule has 5 rings (SSSR count). The van der Waals surface area contributed by atoms with Crippen molar-refractivity contribution < 1.29 is 22.8 Å². The van der Waals surface area contributed by atoms with Crippen molar-refractivity contribution in [3.05, 3.63) is 58.6 Å². The van der Waals surface area contributed by atoms with Gasteiger partial charge in [0, 0.05) is 29.7 Å². The monoisotopic (exact) mass is 460 g/mol. The van der Waals surface area contributed by atoms with Gasteiger partial charge in [-0.3, -0.25) is 4.79 Å². The number of nitriles is 1. The number of alkyl halides is 3. The van der Waals surface area contributed by atoms with Gasteiger partial charge in [-0.05, 0) is 48.9 Å². The fourth-order valence-electron chi connectivity index (χ4n) is 5.04. The summed E-state index contributed by atoms with van der Waals surface area (Å²) < 4.78 is 40.1. The molecule has 2 bridgehead atoms. The summed E-state index contributed by atoms with van der Waals surface area (Å²) >= 11 is 5.96. The Balaban J connectivity index is 1.45. The molecule has 6 nitrogen and oxygen atoms in total. The van der Waals surface area contributed by atoms with Crippen molar-refractivity contribution in [2.24, 2.45) is 5.92 Å². The van der Waals surface area contributed by atoms with Crippen LogP contribution >= 0.6 is 11.6 Å². The smallest absolute Gasteiger partial charge is 0.369 e. The fourth-order valence-corrected chi connectivity index (χ4v) is 5.16. The number of carbonyl (C=O) groups excluding carboxylic acids is 2. The van der Waals surface area contributed by atoms with Gasteiger partial charge in [0.2, 0.25) is 0 Å². The van der Waals surface area contributed by atoms with E-state index >= 15 is 0 Å². The normalized spacial score (nSPS) is 24.7. The Labute approximate surface area is 186 Å². The number of carbonyl (C=O) groups is 2. The van der Waals surface area contributed by atoms with E-state index in [0.29, 0.717) is 30.6 Å². The lowest BCUT2D eigenvalue weighted by molar-refractivity contribution is -0.137. The van der Waals surface area contributed by atoms with Crippen molar-refractivity contribution in [3.63, 3.8) is 0 Å². The second kappa shape index (κ2) is 7.14. The van der Waals surface area contributed by atoms with Gasteiger partial charge < -0.3 is 9.80 Å². The number of hydrogen-bond donors (Lipinski definition) is 0. The molecule has 32 heavy (non-hydrogen) atoms. The van der Waals surface area contributed by atoms with Crippen molar-refractivity contribution in [2.45, 2.75) is 24.7 Å². The van der Waals surface area contributed by atoms with Crippen LogP contribution in [-0.2, 0) is 11.0 Å². The zero-order valence-corrected chi connectivity index (χ0v) is 17.3. The summed E-state index contributed by atoms with van der Waals surface area (Å²) in [6, 6.07) is 10.2. The van der Waals surface area contributed by atoms with Gasteiger partial charge in [0.15, 0.2) is 0 Å². The number of anilines is 2. The molecule has 3 aliphatic rings. The number of fused-ring (bicyclic) bond motifs is 5. The van der Waals surface area contributed by atoms with E-state index in [9.17, 15) is 22.8 Å². The largest absolute Gasteiger partial charge is 0.417 e. The Morgan fingerprint density at radius 2 is 1.72 bits per heavy atom. The van der Waals surface area contributed by atoms with Crippen LogP contribution in [0.1, 0.15) is 17.5 Å². The van der Waals surface area contributed by atoms with Crippen LogP contribution in [-0.4, -0.2) is 42.0 Å². The first kappa shape index (κ1) is 20.6. The van der Waals surface area contributed by atoms with E-state index in [2.05, 4.69) is 4.90 Å². The third-order valence-electron chi connectivity index (χ3n) is 6.37. The van der Waals surface area contributed by atoms with Crippen molar-refractivity contribution in [1.82, 2.24) is 4.90 Å². The summed E-state index contributed by atoms with van der Waals surface area (Å²) in [7, 11) is 0. The average molecular weight is 461 g/mol. The third-order valence-corrected chi connectivity index (χ3v) is 6.62. The first-order chi connectivity index (χ1) is 15.2. The molecule has 3 amide bonds. The summed E-state index contributed by atoms with van der Waals surface area (Å²) in [6.45, 7) is 1.07. The van der Waals surface area contributed by atoms with Gasteiger partial charge in [0.05, 0.1) is 28.9 Å². The molecule has 0 spiro atoms. The molecule has 3 heterocycles. The number of imide groups is 1. The summed E-state index contributed by atoms with van der Waals surface area (Å²) in [5, 5.41) is 9.61. The molecule has 0 saturated carbocycles. The summed E-state index contributed by atoms with van der Waals surface area (Å²) in [5.74, 6) is -0.662. The quantitative estimate of drug-likeness (QED) is 0.627. The van der Waals surface area contributed by atoms with Gasteiger partial charge in [-0.2, -0.15) is 18.4 Å². The van der Waals surface area contributed by atoms with Gasteiger partial charge in [0.1, 0.15) is 6.04 Å². The maximum atomic E-state index is 13.4. The highest BCUT2D eigenvalue weighted by Gasteiger charge is 2.59. The van der Waals surface area contributed by atoms with E-state index in [1.54, 1.807) is 12.1 Å². The van der Waals surface area contributed by atoms with E-state index in [1.807, 2.05) is 12.1 Å². The number of piperidine rings is 1. The molecular formula is C22H16ClF3N4O2. The highest BCUT2D eigenvalue weighted by Crippen LogP contribution is 2.44. The van der Waals surface area contributed by atoms with Crippen LogP contribution in [0.2, 0.25) is 5.02 Å². The molecule has 10 heteroatoms. The van der Waals surface area contributed by atoms with Crippen molar-refractivity contribution >= 4 is 34.9 Å². The van der Waals surface area contributed by atoms with E-state index in [-0.39, 0.29) is 17.6 Å². The van der Waals surface area contributed by atoms with Crippen molar-refractivity contribution in [1.29, 1.82) is 5.26 Å². The molecule has 3 atom stereocenters. The van der Waals surface area contributed by atoms with Crippen LogP contribution in [0, 0.1) is 17.2 Å². The summed E-state index contributed by atoms with van der Waals surface area (Å²) in [5.41, 5.74) is -0.965. The number of benzene rings is 2. The highest BCUT2D eigenvalue weighted by molar-refractivity contribution is 6.30. The molecule has 0 unspecified atom stereocenters.